The molecule has 0 fully saturated rings. The molecule has 0 aliphatic carbocycles. The molecule has 0 amide bonds. The molecule has 2 aromatic rings. The topological polar surface area (TPSA) is 65.1 Å². The highest BCUT2D eigenvalue weighted by atomic mass is 19.1. The minimum atomic E-state index is -0.376. The highest BCUT2D eigenvalue weighted by Crippen LogP contribution is 2.16. The number of aromatic amines is 1. The van der Waals surface area contributed by atoms with Crippen LogP contribution < -0.4 is 16.3 Å². The van der Waals surface area contributed by atoms with Gasteiger partial charge in [-0.1, -0.05) is 0 Å². The highest BCUT2D eigenvalue weighted by molar-refractivity contribution is 5.76. The Bertz CT molecular complexity index is 443. The van der Waals surface area contributed by atoms with Gasteiger partial charge in [-0.3, -0.25) is 5.84 Å². The van der Waals surface area contributed by atoms with Crippen molar-refractivity contribution in [3.8, 4) is 0 Å². The lowest BCUT2D eigenvalue weighted by Gasteiger charge is -1.99. The van der Waals surface area contributed by atoms with Crippen LogP contribution in [0.15, 0.2) is 24.5 Å². The van der Waals surface area contributed by atoms with Gasteiger partial charge in [0.15, 0.2) is 12.0 Å². The number of hydrazine groups is 1. The molecule has 66 valence electrons. The predicted molar refractivity (Wildman–Crippen MR) is 46.1 cm³/mol. The molecule has 0 radical (unpaired) electrons. The molecule has 0 unspecified atom stereocenters. The number of halogens is 1. The number of nitrogen functional groups attached to an aromatic ring is 1. The van der Waals surface area contributed by atoms with Gasteiger partial charge < -0.3 is 5.43 Å². The van der Waals surface area contributed by atoms with Crippen LogP contribution in [0.25, 0.3) is 11.0 Å². The Morgan fingerprint density at radius 3 is 3.08 bits per heavy atom. The third-order valence-corrected chi connectivity index (χ3v) is 1.75. The summed E-state index contributed by atoms with van der Waals surface area (Å²) in [5, 5.41) is 0. The second kappa shape index (κ2) is 2.95. The third kappa shape index (κ3) is 1.29. The van der Waals surface area contributed by atoms with E-state index in [9.17, 15) is 4.39 Å². The van der Waals surface area contributed by atoms with Crippen LogP contribution in [-0.2, 0) is 0 Å². The van der Waals surface area contributed by atoms with Crippen molar-refractivity contribution in [1.82, 2.24) is 4.98 Å². The lowest BCUT2D eigenvalue weighted by atomic mass is 10.2. The normalized spacial score (nSPS) is 10.3. The second-order valence-electron chi connectivity index (χ2n) is 2.59. The number of nitrogens with one attached hydrogen (secondary N) is 2. The number of hydrogen-bond acceptors (Lipinski definition) is 3. The van der Waals surface area contributed by atoms with Crippen molar-refractivity contribution in [2.75, 3.05) is 5.43 Å². The van der Waals surface area contributed by atoms with Gasteiger partial charge in [-0.2, -0.15) is 4.39 Å². The lowest BCUT2D eigenvalue weighted by Crippen LogP contribution is -2.10. The van der Waals surface area contributed by atoms with Crippen LogP contribution in [-0.4, -0.2) is 4.98 Å². The quantitative estimate of drug-likeness (QED) is 0.494. The first-order chi connectivity index (χ1) is 6.31. The number of rotatable bonds is 1. The molecule has 0 aliphatic heterocycles. The van der Waals surface area contributed by atoms with Gasteiger partial charge >= 0.3 is 0 Å². The molecule has 4 nitrogen and oxygen atoms in total. The smallest absolute Gasteiger partial charge is 0.265 e. The van der Waals surface area contributed by atoms with Crippen LogP contribution in [0.2, 0.25) is 0 Å². The minimum absolute atomic E-state index is 0.376. The molecule has 0 saturated carbocycles. The van der Waals surface area contributed by atoms with E-state index in [2.05, 4.69) is 15.4 Å². The van der Waals surface area contributed by atoms with Crippen molar-refractivity contribution < 1.29 is 9.37 Å². The highest BCUT2D eigenvalue weighted by Gasteiger charge is 2.09. The molecule has 0 bridgehead atoms. The summed E-state index contributed by atoms with van der Waals surface area (Å²) < 4.78 is 13.3. The van der Waals surface area contributed by atoms with E-state index in [-0.39, 0.29) is 5.82 Å². The molecule has 1 aromatic carbocycles. The zero-order valence-corrected chi connectivity index (χ0v) is 6.71. The van der Waals surface area contributed by atoms with Gasteiger partial charge in [0.2, 0.25) is 0 Å². The second-order valence-corrected chi connectivity index (χ2v) is 2.59. The summed E-state index contributed by atoms with van der Waals surface area (Å²) in [6.07, 6.45) is 3.13. The number of nitrogens with zero attached hydrogens (tertiary/aromatic N) is 1. The van der Waals surface area contributed by atoms with Gasteiger partial charge in [-0.15, -0.1) is 0 Å². The summed E-state index contributed by atoms with van der Waals surface area (Å²) in [5.74, 6) is 4.78. The van der Waals surface area contributed by atoms with Gasteiger partial charge in [0.05, 0.1) is 11.9 Å². The Morgan fingerprint density at radius 2 is 2.31 bits per heavy atom. The fourth-order valence-electron chi connectivity index (χ4n) is 1.16. The first kappa shape index (κ1) is 7.88. The summed E-state index contributed by atoms with van der Waals surface area (Å²) in [7, 11) is 0. The van der Waals surface area contributed by atoms with Gasteiger partial charge in [-0.25, -0.2) is 9.97 Å². The van der Waals surface area contributed by atoms with E-state index in [4.69, 9.17) is 5.84 Å². The molecular formula is C8H8FN4+. The first-order valence-electron chi connectivity index (χ1n) is 3.74. The standard InChI is InChI=1S/C8H7FN4/c9-6-3-5(13-10)4-7-8(6)12-2-1-11-7/h1-4,13H,10H2/p+1. The van der Waals surface area contributed by atoms with Crippen LogP contribution in [0.3, 0.4) is 0 Å². The number of H-pyrrole nitrogens is 1. The molecule has 0 saturated heterocycles. The Labute approximate surface area is 73.6 Å². The fourth-order valence-corrected chi connectivity index (χ4v) is 1.16. The van der Waals surface area contributed by atoms with Gasteiger partial charge in [-0.05, 0) is 6.07 Å². The van der Waals surface area contributed by atoms with Crippen molar-refractivity contribution in [3.05, 3.63) is 30.3 Å². The maximum atomic E-state index is 13.3. The Hall–Kier alpha value is -1.75. The monoisotopic (exact) mass is 179 g/mol. The first-order valence-corrected chi connectivity index (χ1v) is 3.74. The summed E-state index contributed by atoms with van der Waals surface area (Å²) in [6.45, 7) is 0. The number of fused-ring (bicyclic) bond motifs is 1. The number of nitrogens with two attached hydrogens (primary N) is 1. The van der Waals surface area contributed by atoms with Crippen molar-refractivity contribution in [2.24, 2.45) is 5.84 Å². The average molecular weight is 179 g/mol. The van der Waals surface area contributed by atoms with Gasteiger partial charge in [0.25, 0.3) is 5.52 Å². The molecule has 13 heavy (non-hydrogen) atoms. The molecule has 2 rings (SSSR count). The summed E-state index contributed by atoms with van der Waals surface area (Å²) in [5.41, 5.74) is 3.78. The van der Waals surface area contributed by atoms with Crippen LogP contribution in [0.4, 0.5) is 10.1 Å². The maximum absolute atomic E-state index is 13.3. The van der Waals surface area contributed by atoms with E-state index in [0.29, 0.717) is 16.7 Å². The molecule has 1 aromatic heterocycles. The fraction of sp³-hybridized carbons (Fsp3) is 0. The van der Waals surface area contributed by atoms with E-state index >= 15 is 0 Å². The van der Waals surface area contributed by atoms with E-state index in [1.165, 1.54) is 6.07 Å². The third-order valence-electron chi connectivity index (χ3n) is 1.75. The van der Waals surface area contributed by atoms with Gasteiger partial charge in [0.1, 0.15) is 5.52 Å². The Balaban J connectivity index is 2.77. The molecular weight excluding hydrogens is 171 g/mol. The summed E-state index contributed by atoms with van der Waals surface area (Å²) in [4.78, 5) is 6.75. The van der Waals surface area contributed by atoms with E-state index in [0.717, 1.165) is 0 Å². The molecule has 4 N–H and O–H groups in total. The van der Waals surface area contributed by atoms with Crippen molar-refractivity contribution in [2.45, 2.75) is 0 Å². The largest absolute Gasteiger partial charge is 0.324 e. The van der Waals surface area contributed by atoms with Crippen molar-refractivity contribution in [1.29, 1.82) is 0 Å². The summed E-state index contributed by atoms with van der Waals surface area (Å²) in [6, 6.07) is 2.97. The maximum Gasteiger partial charge on any atom is 0.265 e. The van der Waals surface area contributed by atoms with Crippen LogP contribution >= 0.6 is 0 Å². The zero-order valence-electron chi connectivity index (χ0n) is 6.71. The molecule has 5 heteroatoms. The zero-order chi connectivity index (χ0) is 9.26. The molecule has 0 spiro atoms. The van der Waals surface area contributed by atoms with Crippen molar-refractivity contribution in [3.63, 3.8) is 0 Å². The SMILES string of the molecule is NNc1cc(F)c2[nH+]ccnc2c1. The van der Waals surface area contributed by atoms with Crippen LogP contribution in [0, 0.1) is 5.82 Å². The van der Waals surface area contributed by atoms with Crippen molar-refractivity contribution >= 4 is 16.7 Å². The molecule has 1 heterocycles. The summed E-state index contributed by atoms with van der Waals surface area (Å²) >= 11 is 0. The van der Waals surface area contributed by atoms with E-state index < -0.39 is 0 Å². The number of anilines is 1. The molecule has 0 aliphatic rings. The van der Waals surface area contributed by atoms with E-state index in [1.807, 2.05) is 0 Å². The predicted octanol–water partition coefficient (Wildman–Crippen LogP) is 0.474. The lowest BCUT2D eigenvalue weighted by molar-refractivity contribution is -0.347. The minimum Gasteiger partial charge on any atom is -0.324 e. The average Bonchev–Trinajstić information content (AvgIpc) is 2.18. The van der Waals surface area contributed by atoms with Gasteiger partial charge in [0, 0.05) is 6.07 Å². The van der Waals surface area contributed by atoms with Crippen LogP contribution in [0.1, 0.15) is 0 Å². The molecule has 0 atom stereocenters. The Kier molecular flexibility index (Phi) is 1.79. The van der Waals surface area contributed by atoms with Crippen LogP contribution in [0.5, 0.6) is 0 Å². The Morgan fingerprint density at radius 1 is 1.46 bits per heavy atom. The van der Waals surface area contributed by atoms with E-state index in [1.54, 1.807) is 18.5 Å². The number of benzene rings is 1. The number of hydrogen-bond donors (Lipinski definition) is 2. The number of aromatic nitrogens is 2.